The third-order valence-electron chi connectivity index (χ3n) is 10.7. The molecule has 1 aliphatic rings. The van der Waals surface area contributed by atoms with Crippen LogP contribution in [0.4, 0.5) is 0 Å². The van der Waals surface area contributed by atoms with Crippen LogP contribution in [0.3, 0.4) is 0 Å². The van der Waals surface area contributed by atoms with Crippen LogP contribution < -0.4 is 0 Å². The van der Waals surface area contributed by atoms with Crippen LogP contribution in [0.2, 0.25) is 0 Å². The Labute approximate surface area is 297 Å². The van der Waals surface area contributed by atoms with Gasteiger partial charge >= 0.3 is 0 Å². The minimum absolute atomic E-state index is 1.17. The highest BCUT2D eigenvalue weighted by molar-refractivity contribution is 8.34. The number of aromatic nitrogens is 2. The summed E-state index contributed by atoms with van der Waals surface area (Å²) in [5, 5.41) is 5.08. The van der Waals surface area contributed by atoms with Crippen molar-refractivity contribution in [2.24, 2.45) is 0 Å². The molecule has 0 saturated heterocycles. The second kappa shape index (κ2) is 10.9. The van der Waals surface area contributed by atoms with E-state index in [9.17, 15) is 0 Å². The molecule has 0 aliphatic carbocycles. The molecule has 0 spiro atoms. The second-order valence-electron chi connectivity index (χ2n) is 13.3. The molecule has 0 N–H and O–H groups in total. The van der Waals surface area contributed by atoms with Gasteiger partial charge in [0.2, 0.25) is 0 Å². The van der Waals surface area contributed by atoms with Gasteiger partial charge in [-0.3, -0.25) is 0 Å². The molecule has 0 unspecified atom stereocenters. The Bertz CT molecular complexity index is 2920. The molecule has 3 heteroatoms. The van der Waals surface area contributed by atoms with E-state index < -0.39 is 10.0 Å². The molecule has 1 aliphatic heterocycles. The van der Waals surface area contributed by atoms with Crippen molar-refractivity contribution < 1.29 is 0 Å². The first-order chi connectivity index (χ1) is 25.3. The number of fused-ring (bicyclic) bond motifs is 8. The third kappa shape index (κ3) is 3.90. The number of hydrogen-bond donors (Lipinski definition) is 0. The van der Waals surface area contributed by atoms with E-state index in [1.54, 1.807) is 0 Å². The Hall–Kier alpha value is -6.29. The predicted octanol–water partition coefficient (Wildman–Crippen LogP) is 13.2. The van der Waals surface area contributed by atoms with Crippen LogP contribution >= 0.6 is 10.0 Å². The molecule has 0 saturated carbocycles. The van der Waals surface area contributed by atoms with Crippen molar-refractivity contribution in [3.8, 4) is 22.5 Å². The molecular weight excluding hydrogens is 637 g/mol. The minimum atomic E-state index is -1.79. The molecule has 0 atom stereocenters. The van der Waals surface area contributed by atoms with Crippen molar-refractivity contribution in [1.82, 2.24) is 9.13 Å². The molecule has 51 heavy (non-hydrogen) atoms. The summed E-state index contributed by atoms with van der Waals surface area (Å²) in [7, 11) is -1.79. The Morgan fingerprint density at radius 3 is 1.69 bits per heavy atom. The van der Waals surface area contributed by atoms with Crippen LogP contribution in [0.15, 0.2) is 214 Å². The standard InChI is InChI=1S/C48H32N2S/c1-4-15-33(16-5-1)34-27-29-43-40(31-34)38-21-10-11-23-42(38)49(43)35-28-30-44-41(32-35)39-22-14-26-47-48(39)50(44)45-24-12-13-25-46(45)51(47,36-17-6-2-7-18-36)37-19-8-3-9-20-37/h1-32H. The fourth-order valence-electron chi connectivity index (χ4n) is 8.64. The first kappa shape index (κ1) is 28.5. The minimum Gasteiger partial charge on any atom is -0.309 e. The highest BCUT2D eigenvalue weighted by Crippen LogP contribution is 2.77. The number of para-hydroxylation sites is 3. The molecule has 8 aromatic carbocycles. The van der Waals surface area contributed by atoms with Gasteiger partial charge in [-0.2, -0.15) is 0 Å². The Kier molecular flexibility index (Phi) is 6.07. The molecule has 3 heterocycles. The molecule has 0 radical (unpaired) electrons. The summed E-state index contributed by atoms with van der Waals surface area (Å²) >= 11 is 0. The van der Waals surface area contributed by atoms with Crippen molar-refractivity contribution in [3.63, 3.8) is 0 Å². The lowest BCUT2D eigenvalue weighted by atomic mass is 10.0. The first-order valence-corrected chi connectivity index (χ1v) is 19.1. The molecule has 2 aromatic heterocycles. The number of benzene rings is 8. The summed E-state index contributed by atoms with van der Waals surface area (Å²) in [5.74, 6) is 0. The summed E-state index contributed by atoms with van der Waals surface area (Å²) in [6.45, 7) is 0. The van der Waals surface area contributed by atoms with E-state index in [0.717, 1.165) is 0 Å². The Morgan fingerprint density at radius 1 is 0.333 bits per heavy atom. The lowest BCUT2D eigenvalue weighted by Crippen LogP contribution is -2.14. The third-order valence-corrected chi connectivity index (χ3v) is 14.7. The van der Waals surface area contributed by atoms with Gasteiger partial charge < -0.3 is 9.13 Å². The first-order valence-electron chi connectivity index (χ1n) is 17.5. The summed E-state index contributed by atoms with van der Waals surface area (Å²) in [4.78, 5) is 5.47. The molecule has 0 amide bonds. The zero-order valence-corrected chi connectivity index (χ0v) is 28.6. The van der Waals surface area contributed by atoms with Gasteiger partial charge in [-0.15, -0.1) is 10.0 Å². The molecular formula is C48H32N2S. The highest BCUT2D eigenvalue weighted by atomic mass is 32.3. The lowest BCUT2D eigenvalue weighted by molar-refractivity contribution is 1.06. The SMILES string of the molecule is c1ccc(-c2ccc3c(c2)c2ccccc2n3-c2ccc3c(c2)c2cccc4c2n3-c2ccccc2S4(c2ccccc2)c2ccccc2)cc1. The zero-order valence-electron chi connectivity index (χ0n) is 27.8. The van der Waals surface area contributed by atoms with Gasteiger partial charge in [0.1, 0.15) is 0 Å². The number of hydrogen-bond acceptors (Lipinski definition) is 0. The van der Waals surface area contributed by atoms with Crippen LogP contribution in [0.5, 0.6) is 0 Å². The predicted molar refractivity (Wildman–Crippen MR) is 214 cm³/mol. The lowest BCUT2D eigenvalue weighted by Gasteiger charge is -2.46. The molecule has 0 fully saturated rings. The summed E-state index contributed by atoms with van der Waals surface area (Å²) in [6, 6.07) is 72.0. The van der Waals surface area contributed by atoms with E-state index >= 15 is 0 Å². The average molecular weight is 669 g/mol. The summed E-state index contributed by atoms with van der Waals surface area (Å²) in [6.07, 6.45) is 0. The van der Waals surface area contributed by atoms with Gasteiger partial charge in [-0.05, 0) is 90.0 Å². The van der Waals surface area contributed by atoms with Crippen molar-refractivity contribution in [1.29, 1.82) is 0 Å². The Balaban J connectivity index is 1.22. The summed E-state index contributed by atoms with van der Waals surface area (Å²) in [5.41, 5.74) is 9.86. The van der Waals surface area contributed by atoms with Crippen LogP contribution in [0.1, 0.15) is 0 Å². The molecule has 2 nitrogen and oxygen atoms in total. The van der Waals surface area contributed by atoms with E-state index in [1.807, 2.05) is 0 Å². The van der Waals surface area contributed by atoms with Crippen LogP contribution in [0, 0.1) is 0 Å². The van der Waals surface area contributed by atoms with Gasteiger partial charge in [-0.1, -0.05) is 115 Å². The fourth-order valence-corrected chi connectivity index (χ4v) is 12.8. The van der Waals surface area contributed by atoms with Gasteiger partial charge in [0.25, 0.3) is 0 Å². The maximum absolute atomic E-state index is 2.54. The monoisotopic (exact) mass is 668 g/mol. The van der Waals surface area contributed by atoms with E-state index in [1.165, 1.54) is 85.7 Å². The number of nitrogens with zero attached hydrogens (tertiary/aromatic N) is 2. The van der Waals surface area contributed by atoms with Crippen molar-refractivity contribution in [2.45, 2.75) is 19.6 Å². The van der Waals surface area contributed by atoms with Crippen molar-refractivity contribution >= 4 is 53.6 Å². The van der Waals surface area contributed by atoms with Gasteiger partial charge in [0, 0.05) is 46.8 Å². The van der Waals surface area contributed by atoms with Gasteiger partial charge in [0.15, 0.2) is 0 Å². The largest absolute Gasteiger partial charge is 0.309 e. The van der Waals surface area contributed by atoms with E-state index in [2.05, 4.69) is 203 Å². The maximum Gasteiger partial charge on any atom is 0.0671 e. The summed E-state index contributed by atoms with van der Waals surface area (Å²) < 4.78 is 4.98. The highest BCUT2D eigenvalue weighted by Gasteiger charge is 2.41. The molecule has 240 valence electrons. The number of rotatable bonds is 4. The topological polar surface area (TPSA) is 9.86 Å². The van der Waals surface area contributed by atoms with Crippen LogP contribution in [0.25, 0.3) is 66.1 Å². The van der Waals surface area contributed by atoms with Crippen molar-refractivity contribution in [3.05, 3.63) is 194 Å². The van der Waals surface area contributed by atoms with Gasteiger partial charge in [0.05, 0.1) is 27.8 Å². The Morgan fingerprint density at radius 2 is 0.902 bits per heavy atom. The fraction of sp³-hybridized carbons (Fsp3) is 0. The van der Waals surface area contributed by atoms with Crippen molar-refractivity contribution in [2.75, 3.05) is 0 Å². The maximum atomic E-state index is 2.54. The van der Waals surface area contributed by atoms with Crippen LogP contribution in [-0.2, 0) is 0 Å². The average Bonchev–Trinajstić information content (AvgIpc) is 3.72. The molecule has 0 bridgehead atoms. The van der Waals surface area contributed by atoms with E-state index in [4.69, 9.17) is 0 Å². The normalized spacial score (nSPS) is 13.9. The van der Waals surface area contributed by atoms with E-state index in [-0.39, 0.29) is 0 Å². The zero-order chi connectivity index (χ0) is 33.5. The molecule has 11 rings (SSSR count). The second-order valence-corrected chi connectivity index (χ2v) is 16.4. The molecule has 10 aromatic rings. The quantitative estimate of drug-likeness (QED) is 0.177. The van der Waals surface area contributed by atoms with E-state index in [0.29, 0.717) is 0 Å². The smallest absolute Gasteiger partial charge is 0.0671 e. The van der Waals surface area contributed by atoms with Gasteiger partial charge in [-0.25, -0.2) is 0 Å². The van der Waals surface area contributed by atoms with Crippen LogP contribution in [-0.4, -0.2) is 9.13 Å².